The van der Waals surface area contributed by atoms with Gasteiger partial charge in [0.1, 0.15) is 5.66 Å². The van der Waals surface area contributed by atoms with Crippen molar-refractivity contribution in [3.63, 3.8) is 0 Å². The average Bonchev–Trinajstić information content (AvgIpc) is 2.67. The van der Waals surface area contributed by atoms with E-state index in [1.54, 1.807) is 23.1 Å². The van der Waals surface area contributed by atoms with E-state index in [2.05, 4.69) is 10.6 Å². The van der Waals surface area contributed by atoms with E-state index >= 15 is 0 Å². The number of rotatable bonds is 3. The molecule has 2 amide bonds. The molecular formula is C21H23N3O4S. The van der Waals surface area contributed by atoms with E-state index in [1.807, 2.05) is 18.2 Å². The lowest BCUT2D eigenvalue weighted by atomic mass is 9.93. The van der Waals surface area contributed by atoms with Crippen LogP contribution >= 0.6 is 0 Å². The minimum absolute atomic E-state index is 0.0499. The lowest BCUT2D eigenvalue weighted by Crippen LogP contribution is -2.66. The van der Waals surface area contributed by atoms with Crippen molar-refractivity contribution < 1.29 is 18.0 Å². The van der Waals surface area contributed by atoms with Gasteiger partial charge in [-0.3, -0.25) is 9.59 Å². The predicted octanol–water partition coefficient (Wildman–Crippen LogP) is 1.81. The van der Waals surface area contributed by atoms with E-state index in [4.69, 9.17) is 0 Å². The number of benzene rings is 2. The topological polar surface area (TPSA) is 95.6 Å². The highest BCUT2D eigenvalue weighted by Crippen LogP contribution is 2.30. The van der Waals surface area contributed by atoms with Gasteiger partial charge in [0.25, 0.3) is 5.91 Å². The number of carbonyl (C=O) groups excluding carboxylic acids is 2. The van der Waals surface area contributed by atoms with Gasteiger partial charge in [-0.15, -0.1) is 0 Å². The number of nitrogens with one attached hydrogen (secondary N) is 2. The lowest BCUT2D eigenvalue weighted by Gasteiger charge is -2.46. The summed E-state index contributed by atoms with van der Waals surface area (Å²) in [6, 6.07) is 13.7. The number of piperidine rings is 1. The first kappa shape index (κ1) is 19.4. The van der Waals surface area contributed by atoms with Gasteiger partial charge in [0.05, 0.1) is 23.4 Å². The van der Waals surface area contributed by atoms with Gasteiger partial charge in [-0.25, -0.2) is 8.42 Å². The summed E-state index contributed by atoms with van der Waals surface area (Å²) in [6.07, 6.45) is 2.85. The minimum atomic E-state index is -3.26. The summed E-state index contributed by atoms with van der Waals surface area (Å²) in [4.78, 5) is 27.4. The first-order valence-corrected chi connectivity index (χ1v) is 11.4. The molecule has 2 aromatic rings. The fourth-order valence-corrected chi connectivity index (χ4v) is 4.61. The molecule has 29 heavy (non-hydrogen) atoms. The van der Waals surface area contributed by atoms with E-state index < -0.39 is 15.5 Å². The van der Waals surface area contributed by atoms with Crippen LogP contribution in [0.25, 0.3) is 0 Å². The normalized spacial score (nSPS) is 21.3. The van der Waals surface area contributed by atoms with Crippen LogP contribution in [-0.4, -0.2) is 50.1 Å². The van der Waals surface area contributed by atoms with Gasteiger partial charge in [-0.2, -0.15) is 0 Å². The molecule has 2 aromatic carbocycles. The van der Waals surface area contributed by atoms with Crippen LogP contribution in [0, 0.1) is 0 Å². The molecule has 0 saturated carbocycles. The third-order valence-electron chi connectivity index (χ3n) is 5.45. The Balaban J connectivity index is 1.47. The van der Waals surface area contributed by atoms with Crippen LogP contribution in [0.5, 0.6) is 0 Å². The second kappa shape index (κ2) is 7.18. The van der Waals surface area contributed by atoms with Gasteiger partial charge in [-0.1, -0.05) is 24.3 Å². The van der Waals surface area contributed by atoms with Gasteiger partial charge in [-0.05, 0) is 42.7 Å². The summed E-state index contributed by atoms with van der Waals surface area (Å²) in [5, 5.41) is 6.47. The first-order valence-electron chi connectivity index (χ1n) is 9.52. The maximum Gasteiger partial charge on any atom is 0.255 e. The molecule has 1 fully saturated rings. The summed E-state index contributed by atoms with van der Waals surface area (Å²) in [5.41, 5.74) is 1.47. The summed E-state index contributed by atoms with van der Waals surface area (Å²) >= 11 is 0. The van der Waals surface area contributed by atoms with E-state index in [9.17, 15) is 18.0 Å². The summed E-state index contributed by atoms with van der Waals surface area (Å²) in [5.74, 6) is -0.184. The van der Waals surface area contributed by atoms with Crippen LogP contribution in [0.1, 0.15) is 28.8 Å². The highest BCUT2D eigenvalue weighted by Gasteiger charge is 2.41. The van der Waals surface area contributed by atoms with Crippen molar-refractivity contribution in [2.24, 2.45) is 0 Å². The van der Waals surface area contributed by atoms with Gasteiger partial charge < -0.3 is 15.5 Å². The molecule has 1 spiro atoms. The van der Waals surface area contributed by atoms with Crippen molar-refractivity contribution in [1.29, 1.82) is 0 Å². The molecule has 0 aromatic heterocycles. The maximum atomic E-state index is 12.9. The summed E-state index contributed by atoms with van der Waals surface area (Å²) in [6.45, 7) is 1.01. The lowest BCUT2D eigenvalue weighted by molar-refractivity contribution is -0.132. The molecule has 0 aliphatic carbocycles. The monoisotopic (exact) mass is 413 g/mol. The summed E-state index contributed by atoms with van der Waals surface area (Å²) in [7, 11) is -3.26. The standard InChI is InChI=1S/C21H23N3O4S/c1-29(27,28)16-9-7-15(8-10-16)13-19(25)24-12-4-11-21(14-24)22-18-6-3-2-5-17(18)20(26)23-21/h2-3,5-10,22H,4,11-14H2,1H3,(H,23,26). The molecule has 8 heteroatoms. The molecule has 1 saturated heterocycles. The SMILES string of the molecule is CS(=O)(=O)c1ccc(CC(=O)N2CCCC3(C2)NC(=O)c2ccccc2N3)cc1. The van der Waals surface area contributed by atoms with Crippen LogP contribution < -0.4 is 10.6 Å². The third kappa shape index (κ3) is 3.98. The van der Waals surface area contributed by atoms with Crippen LogP contribution in [0.4, 0.5) is 5.69 Å². The van der Waals surface area contributed by atoms with E-state index in [0.29, 0.717) is 18.7 Å². The number of fused-ring (bicyclic) bond motifs is 1. The van der Waals surface area contributed by atoms with Crippen molar-refractivity contribution in [2.75, 3.05) is 24.7 Å². The van der Waals surface area contributed by atoms with E-state index in [0.717, 1.165) is 30.3 Å². The van der Waals surface area contributed by atoms with Crippen LogP contribution in [0.3, 0.4) is 0 Å². The number of anilines is 1. The Labute approximate surface area is 170 Å². The first-order chi connectivity index (χ1) is 13.8. The number of hydrogen-bond acceptors (Lipinski definition) is 5. The number of likely N-dealkylation sites (tertiary alicyclic amines) is 1. The Kier molecular flexibility index (Phi) is 4.82. The largest absolute Gasteiger partial charge is 0.361 e. The molecule has 4 rings (SSSR count). The second-order valence-corrected chi connectivity index (χ2v) is 9.73. The Bertz CT molecular complexity index is 1070. The van der Waals surface area contributed by atoms with Gasteiger partial charge in [0.15, 0.2) is 9.84 Å². The number of amides is 2. The van der Waals surface area contributed by atoms with Gasteiger partial charge >= 0.3 is 0 Å². The van der Waals surface area contributed by atoms with Crippen LogP contribution in [0.2, 0.25) is 0 Å². The smallest absolute Gasteiger partial charge is 0.255 e. The van der Waals surface area contributed by atoms with Crippen molar-refractivity contribution in [3.8, 4) is 0 Å². The highest BCUT2D eigenvalue weighted by molar-refractivity contribution is 7.90. The van der Waals surface area contributed by atoms with Crippen LogP contribution in [-0.2, 0) is 21.1 Å². The third-order valence-corrected chi connectivity index (χ3v) is 6.58. The Morgan fingerprint density at radius 1 is 1.10 bits per heavy atom. The van der Waals surface area contributed by atoms with Crippen molar-refractivity contribution in [2.45, 2.75) is 29.8 Å². The molecule has 1 atom stereocenters. The van der Waals surface area contributed by atoms with Crippen molar-refractivity contribution in [3.05, 3.63) is 59.7 Å². The number of hydrogen-bond donors (Lipinski definition) is 2. The highest BCUT2D eigenvalue weighted by atomic mass is 32.2. The molecule has 2 aliphatic rings. The predicted molar refractivity (Wildman–Crippen MR) is 109 cm³/mol. The Morgan fingerprint density at radius 2 is 1.83 bits per heavy atom. The molecule has 7 nitrogen and oxygen atoms in total. The quantitative estimate of drug-likeness (QED) is 0.800. The molecule has 2 aliphatic heterocycles. The molecular weight excluding hydrogens is 390 g/mol. The summed E-state index contributed by atoms with van der Waals surface area (Å²) < 4.78 is 23.2. The van der Waals surface area contributed by atoms with E-state index in [1.165, 1.54) is 12.1 Å². The number of para-hydroxylation sites is 1. The van der Waals surface area contributed by atoms with Gasteiger partial charge in [0.2, 0.25) is 5.91 Å². The zero-order chi connectivity index (χ0) is 20.6. The van der Waals surface area contributed by atoms with E-state index in [-0.39, 0.29) is 23.1 Å². The Morgan fingerprint density at radius 3 is 2.55 bits per heavy atom. The van der Waals surface area contributed by atoms with Crippen molar-refractivity contribution >= 4 is 27.3 Å². The zero-order valence-corrected chi connectivity index (χ0v) is 17.0. The molecule has 1 unspecified atom stereocenters. The zero-order valence-electron chi connectivity index (χ0n) is 16.1. The maximum absolute atomic E-state index is 12.9. The van der Waals surface area contributed by atoms with Crippen molar-refractivity contribution in [1.82, 2.24) is 10.2 Å². The van der Waals surface area contributed by atoms with Crippen LogP contribution in [0.15, 0.2) is 53.4 Å². The number of sulfone groups is 1. The molecule has 2 N–H and O–H groups in total. The molecule has 152 valence electrons. The Hall–Kier alpha value is -2.87. The molecule has 0 radical (unpaired) electrons. The number of nitrogens with zero attached hydrogens (tertiary/aromatic N) is 1. The molecule has 0 bridgehead atoms. The molecule has 2 heterocycles. The average molecular weight is 413 g/mol. The minimum Gasteiger partial charge on any atom is -0.361 e. The fraction of sp³-hybridized carbons (Fsp3) is 0.333. The number of carbonyl (C=O) groups is 2. The fourth-order valence-electron chi connectivity index (χ4n) is 3.98. The second-order valence-electron chi connectivity index (χ2n) is 7.72. The van der Waals surface area contributed by atoms with Gasteiger partial charge in [0, 0.05) is 18.5 Å².